The third kappa shape index (κ3) is 4.66. The number of carbonyl (C=O) groups excluding carboxylic acids is 1. The second-order valence-corrected chi connectivity index (χ2v) is 11.3. The summed E-state index contributed by atoms with van der Waals surface area (Å²) >= 11 is 3.77. The molecule has 1 saturated heterocycles. The third-order valence-electron chi connectivity index (χ3n) is 6.50. The van der Waals surface area contributed by atoms with Crippen molar-refractivity contribution in [3.63, 3.8) is 0 Å². The summed E-state index contributed by atoms with van der Waals surface area (Å²) in [6, 6.07) is 11.0. The molecule has 0 spiro atoms. The number of benzene rings is 2. The number of aryl methyl sites for hydroxylation is 1. The second kappa shape index (κ2) is 10.4. The summed E-state index contributed by atoms with van der Waals surface area (Å²) in [5, 5.41) is 2.88. The van der Waals surface area contributed by atoms with Crippen LogP contribution in [0.15, 0.2) is 56.8 Å². The molecule has 4 aromatic rings. The minimum atomic E-state index is -0.760. The molecule has 9 nitrogen and oxygen atoms in total. The van der Waals surface area contributed by atoms with Gasteiger partial charge in [-0.3, -0.25) is 28.5 Å². The lowest BCUT2D eigenvalue weighted by molar-refractivity contribution is 0.0772. The number of fused-ring (bicyclic) bond motifs is 1. The SMILES string of the molecule is Cc1c(=O)n(C)c(Nc2ccc(I)cc2F)c2c(=O)[nH]c(=O)n(-c3cccc(C(=O)N4CCSCC4)c3)c12. The molecule has 1 amide bonds. The Morgan fingerprint density at radius 2 is 1.84 bits per heavy atom. The summed E-state index contributed by atoms with van der Waals surface area (Å²) in [6.07, 6.45) is 0. The molecule has 1 aliphatic rings. The smallest absolute Gasteiger partial charge is 0.333 e. The number of rotatable bonds is 4. The summed E-state index contributed by atoms with van der Waals surface area (Å²) in [5.41, 5.74) is -0.954. The van der Waals surface area contributed by atoms with Crippen molar-refractivity contribution in [1.29, 1.82) is 0 Å². The second-order valence-electron chi connectivity index (χ2n) is 8.86. The van der Waals surface area contributed by atoms with E-state index in [0.29, 0.717) is 27.9 Å². The Labute approximate surface area is 233 Å². The molecule has 0 bridgehead atoms. The average Bonchev–Trinajstić information content (AvgIpc) is 2.91. The van der Waals surface area contributed by atoms with Crippen molar-refractivity contribution < 1.29 is 9.18 Å². The van der Waals surface area contributed by atoms with Gasteiger partial charge in [-0.2, -0.15) is 11.8 Å². The molecule has 12 heteroatoms. The van der Waals surface area contributed by atoms with Crippen LogP contribution >= 0.6 is 34.4 Å². The molecule has 1 fully saturated rings. The van der Waals surface area contributed by atoms with Gasteiger partial charge in [-0.25, -0.2) is 9.18 Å². The quantitative estimate of drug-likeness (QED) is 0.329. The highest BCUT2D eigenvalue weighted by molar-refractivity contribution is 14.1. The van der Waals surface area contributed by atoms with Crippen LogP contribution in [0, 0.1) is 16.3 Å². The highest BCUT2D eigenvalue weighted by Crippen LogP contribution is 2.27. The minimum absolute atomic E-state index is 0.00642. The van der Waals surface area contributed by atoms with Gasteiger partial charge in [0.25, 0.3) is 17.0 Å². The van der Waals surface area contributed by atoms with E-state index in [9.17, 15) is 23.6 Å². The predicted octanol–water partition coefficient (Wildman–Crippen LogP) is 3.36. The van der Waals surface area contributed by atoms with Crippen molar-refractivity contribution in [3.05, 3.63) is 94.2 Å². The maximum absolute atomic E-state index is 14.7. The number of aromatic amines is 1. The number of nitrogens with zero attached hydrogens (tertiary/aromatic N) is 3. The Morgan fingerprint density at radius 3 is 2.55 bits per heavy atom. The van der Waals surface area contributed by atoms with Gasteiger partial charge in [-0.15, -0.1) is 0 Å². The van der Waals surface area contributed by atoms with E-state index >= 15 is 0 Å². The molecule has 0 aliphatic carbocycles. The maximum Gasteiger partial charge on any atom is 0.333 e. The lowest BCUT2D eigenvalue weighted by Gasteiger charge is -2.26. The molecule has 5 rings (SSSR count). The summed E-state index contributed by atoms with van der Waals surface area (Å²) in [5.74, 6) is 1.02. The number of hydrogen-bond acceptors (Lipinski definition) is 6. The van der Waals surface area contributed by atoms with Gasteiger partial charge >= 0.3 is 5.69 Å². The first-order valence-electron chi connectivity index (χ1n) is 11.8. The Morgan fingerprint density at radius 1 is 1.11 bits per heavy atom. The van der Waals surface area contributed by atoms with E-state index in [4.69, 9.17) is 0 Å². The van der Waals surface area contributed by atoms with Crippen molar-refractivity contribution in [2.24, 2.45) is 7.05 Å². The van der Waals surface area contributed by atoms with E-state index in [1.807, 2.05) is 22.6 Å². The van der Waals surface area contributed by atoms with Gasteiger partial charge in [0, 0.05) is 46.3 Å². The zero-order chi connectivity index (χ0) is 27.1. The highest BCUT2D eigenvalue weighted by Gasteiger charge is 2.23. The molecule has 0 radical (unpaired) electrons. The summed E-state index contributed by atoms with van der Waals surface area (Å²) in [6.45, 7) is 2.79. The number of pyridine rings is 1. The Hall–Kier alpha value is -3.39. The number of amides is 1. The van der Waals surface area contributed by atoms with Crippen LogP contribution in [0.1, 0.15) is 15.9 Å². The van der Waals surface area contributed by atoms with Crippen molar-refractivity contribution >= 4 is 62.7 Å². The van der Waals surface area contributed by atoms with Gasteiger partial charge in [-0.05, 0) is 65.9 Å². The fourth-order valence-corrected chi connectivity index (χ4v) is 5.93. The number of hydrogen-bond donors (Lipinski definition) is 2. The lowest BCUT2D eigenvalue weighted by atomic mass is 10.1. The first-order valence-corrected chi connectivity index (χ1v) is 14.0. The minimum Gasteiger partial charge on any atom is -0.338 e. The van der Waals surface area contributed by atoms with Crippen molar-refractivity contribution in [3.8, 4) is 5.69 Å². The predicted molar refractivity (Wildman–Crippen MR) is 156 cm³/mol. The number of thioether (sulfide) groups is 1. The lowest BCUT2D eigenvalue weighted by Crippen LogP contribution is -2.38. The van der Waals surface area contributed by atoms with E-state index in [-0.39, 0.29) is 33.9 Å². The van der Waals surface area contributed by atoms with Crippen molar-refractivity contribution in [2.45, 2.75) is 6.92 Å². The molecule has 2 aromatic heterocycles. The molecule has 0 saturated carbocycles. The third-order valence-corrected chi connectivity index (χ3v) is 8.11. The summed E-state index contributed by atoms with van der Waals surface area (Å²) in [4.78, 5) is 56.8. The molecule has 2 aromatic carbocycles. The first-order chi connectivity index (χ1) is 18.2. The van der Waals surface area contributed by atoms with Gasteiger partial charge in [0.2, 0.25) is 0 Å². The van der Waals surface area contributed by atoms with Gasteiger partial charge in [0.05, 0.1) is 16.9 Å². The normalized spacial score (nSPS) is 13.6. The Kier molecular flexibility index (Phi) is 7.18. The van der Waals surface area contributed by atoms with E-state index in [1.54, 1.807) is 47.0 Å². The van der Waals surface area contributed by atoms with Crippen LogP contribution in [0.5, 0.6) is 0 Å². The van der Waals surface area contributed by atoms with Crippen LogP contribution < -0.4 is 22.1 Å². The van der Waals surface area contributed by atoms with Crippen molar-refractivity contribution in [2.75, 3.05) is 29.9 Å². The molecule has 1 aliphatic heterocycles. The van der Waals surface area contributed by atoms with E-state index in [2.05, 4.69) is 10.3 Å². The zero-order valence-corrected chi connectivity index (χ0v) is 23.5. The monoisotopic (exact) mass is 647 g/mol. The average molecular weight is 647 g/mol. The van der Waals surface area contributed by atoms with Crippen LogP contribution in [0.4, 0.5) is 15.9 Å². The maximum atomic E-state index is 14.7. The van der Waals surface area contributed by atoms with Gasteiger partial charge < -0.3 is 10.2 Å². The Balaban J connectivity index is 1.74. The largest absolute Gasteiger partial charge is 0.338 e. The number of carbonyl (C=O) groups is 1. The fraction of sp³-hybridized carbons (Fsp3) is 0.231. The first kappa shape index (κ1) is 26.2. The topological polar surface area (TPSA) is 109 Å². The highest BCUT2D eigenvalue weighted by atomic mass is 127. The van der Waals surface area contributed by atoms with E-state index in [1.165, 1.54) is 35.2 Å². The van der Waals surface area contributed by atoms with Gasteiger partial charge in [-0.1, -0.05) is 6.07 Å². The summed E-state index contributed by atoms with van der Waals surface area (Å²) in [7, 11) is 1.47. The molecule has 196 valence electrons. The molecule has 3 heterocycles. The molecule has 2 N–H and O–H groups in total. The summed E-state index contributed by atoms with van der Waals surface area (Å²) < 4.78 is 17.8. The van der Waals surface area contributed by atoms with Crippen LogP contribution in [0.3, 0.4) is 0 Å². The molecule has 0 atom stereocenters. The number of anilines is 2. The number of nitrogens with one attached hydrogen (secondary N) is 2. The van der Waals surface area contributed by atoms with Crippen LogP contribution in [-0.4, -0.2) is 49.5 Å². The van der Waals surface area contributed by atoms with Crippen LogP contribution in [0.25, 0.3) is 16.6 Å². The molecular formula is C26H23FIN5O4S. The van der Waals surface area contributed by atoms with E-state index < -0.39 is 22.6 Å². The zero-order valence-electron chi connectivity index (χ0n) is 20.5. The van der Waals surface area contributed by atoms with Gasteiger partial charge in [0.15, 0.2) is 0 Å². The molecule has 0 unspecified atom stereocenters. The number of halogens is 2. The van der Waals surface area contributed by atoms with Crippen LogP contribution in [-0.2, 0) is 7.05 Å². The van der Waals surface area contributed by atoms with Crippen LogP contribution in [0.2, 0.25) is 0 Å². The molecule has 38 heavy (non-hydrogen) atoms. The number of H-pyrrole nitrogens is 1. The fourth-order valence-electron chi connectivity index (χ4n) is 4.57. The number of aromatic nitrogens is 3. The Bertz CT molecular complexity index is 1770. The van der Waals surface area contributed by atoms with E-state index in [0.717, 1.165) is 11.5 Å². The molecular weight excluding hydrogens is 624 g/mol. The standard InChI is InChI=1S/C26H23FIN5O4S/c1-14-21-20(22(31(2)24(14)35)29-19-7-6-16(28)13-18(19)27)23(34)30-26(37)33(21)17-5-3-4-15(12-17)25(36)32-8-10-38-11-9-32/h3-7,12-13,29H,8-11H2,1-2H3,(H,30,34,37). The van der Waals surface area contributed by atoms with Gasteiger partial charge in [0.1, 0.15) is 17.0 Å². The van der Waals surface area contributed by atoms with Crippen molar-refractivity contribution in [1.82, 2.24) is 19.0 Å².